The molecule has 7 nitrogen and oxygen atoms in total. The molecule has 0 unspecified atom stereocenters. The molecule has 1 aromatic rings. The van der Waals surface area contributed by atoms with Crippen molar-refractivity contribution in [2.24, 2.45) is 16.1 Å². The van der Waals surface area contributed by atoms with Crippen molar-refractivity contribution in [1.29, 1.82) is 5.26 Å². The number of amides is 2. The van der Waals surface area contributed by atoms with E-state index in [0.29, 0.717) is 17.7 Å². The minimum Gasteiger partial charge on any atom is -0.512 e. The molecule has 0 spiro atoms. The molecule has 1 aromatic carbocycles. The maximum absolute atomic E-state index is 12.5. The van der Waals surface area contributed by atoms with E-state index in [-0.39, 0.29) is 23.9 Å². The van der Waals surface area contributed by atoms with Gasteiger partial charge in [0.1, 0.15) is 17.6 Å². The molecule has 1 fully saturated rings. The number of benzene rings is 1. The van der Waals surface area contributed by atoms with Gasteiger partial charge in [-0.1, -0.05) is 26.8 Å². The molecular formula is C19H22N4O3. The first-order valence-electron chi connectivity index (χ1n) is 8.25. The summed E-state index contributed by atoms with van der Waals surface area (Å²) in [7, 11) is 0. The second-order valence-electron chi connectivity index (χ2n) is 7.13. The molecule has 3 N–H and O–H groups in total. The number of nitriles is 1. The maximum Gasteiger partial charge on any atom is 0.270 e. The summed E-state index contributed by atoms with van der Waals surface area (Å²) in [5, 5.41) is 19.0. The van der Waals surface area contributed by atoms with Crippen LogP contribution >= 0.6 is 0 Å². The molecular weight excluding hydrogens is 332 g/mol. The maximum atomic E-state index is 12.5. The molecule has 1 heterocycles. The van der Waals surface area contributed by atoms with Gasteiger partial charge >= 0.3 is 0 Å². The lowest BCUT2D eigenvalue weighted by Crippen LogP contribution is -2.38. The van der Waals surface area contributed by atoms with E-state index in [9.17, 15) is 14.7 Å². The van der Waals surface area contributed by atoms with Crippen molar-refractivity contribution in [3.8, 4) is 6.07 Å². The van der Waals surface area contributed by atoms with Gasteiger partial charge in [-0.25, -0.2) is 0 Å². The van der Waals surface area contributed by atoms with E-state index < -0.39 is 17.4 Å². The number of aliphatic hydroxyl groups excluding tert-OH is 1. The van der Waals surface area contributed by atoms with Crippen LogP contribution in [0.4, 0.5) is 5.69 Å². The van der Waals surface area contributed by atoms with Gasteiger partial charge in [0, 0.05) is 23.6 Å². The highest BCUT2D eigenvalue weighted by Crippen LogP contribution is 2.28. The van der Waals surface area contributed by atoms with E-state index in [4.69, 9.17) is 11.0 Å². The number of nitrogens with zero attached hydrogens (tertiary/aromatic N) is 3. The molecule has 2 amide bonds. The first-order valence-corrected chi connectivity index (χ1v) is 8.25. The van der Waals surface area contributed by atoms with Crippen molar-refractivity contribution >= 4 is 23.3 Å². The third-order valence-electron chi connectivity index (χ3n) is 4.04. The largest absolute Gasteiger partial charge is 0.512 e. The number of hydrogen-bond acceptors (Lipinski definition) is 4. The average Bonchev–Trinajstić information content (AvgIpc) is 2.95. The first kappa shape index (κ1) is 19.2. The minimum absolute atomic E-state index is 0.00706. The predicted molar refractivity (Wildman–Crippen MR) is 98.5 cm³/mol. The summed E-state index contributed by atoms with van der Waals surface area (Å²) in [6.07, 6.45) is 1.78. The van der Waals surface area contributed by atoms with E-state index in [1.54, 1.807) is 45.0 Å². The Morgan fingerprint density at radius 3 is 2.77 bits per heavy atom. The van der Waals surface area contributed by atoms with Crippen LogP contribution in [-0.2, 0) is 9.59 Å². The normalized spacial score (nSPS) is 18.8. The van der Waals surface area contributed by atoms with Crippen LogP contribution in [0.1, 0.15) is 39.2 Å². The number of aliphatic hydroxyl groups is 1. The SMILES string of the molecule is CC(C)(C)/C(O)=C/C(N)=NC(=O)[C@@H]1CCC(=O)N1c1cccc(C#N)c1. The summed E-state index contributed by atoms with van der Waals surface area (Å²) in [6, 6.07) is 7.74. The van der Waals surface area contributed by atoms with Gasteiger partial charge in [-0.3, -0.25) is 14.5 Å². The Bertz CT molecular complexity index is 828. The lowest BCUT2D eigenvalue weighted by molar-refractivity contribution is -0.121. The predicted octanol–water partition coefficient (Wildman–Crippen LogP) is 2.43. The molecule has 7 heteroatoms. The number of carbonyl (C=O) groups excluding carboxylic acids is 2. The molecule has 0 radical (unpaired) electrons. The molecule has 0 aliphatic carbocycles. The van der Waals surface area contributed by atoms with E-state index in [1.165, 1.54) is 11.0 Å². The third kappa shape index (κ3) is 4.28. The Morgan fingerprint density at radius 1 is 1.46 bits per heavy atom. The molecule has 0 saturated carbocycles. The number of allylic oxidation sites excluding steroid dienone is 1. The van der Waals surface area contributed by atoms with Gasteiger partial charge in [0.25, 0.3) is 5.91 Å². The van der Waals surface area contributed by atoms with E-state index in [2.05, 4.69) is 4.99 Å². The molecule has 0 aromatic heterocycles. The molecule has 1 saturated heterocycles. The van der Waals surface area contributed by atoms with Crippen LogP contribution in [0.2, 0.25) is 0 Å². The fraction of sp³-hybridized carbons (Fsp3) is 0.368. The Labute approximate surface area is 152 Å². The lowest BCUT2D eigenvalue weighted by atomic mass is 9.93. The van der Waals surface area contributed by atoms with Crippen LogP contribution in [0.3, 0.4) is 0 Å². The monoisotopic (exact) mass is 354 g/mol. The van der Waals surface area contributed by atoms with Crippen LogP contribution in [0, 0.1) is 16.7 Å². The molecule has 2 rings (SSSR count). The van der Waals surface area contributed by atoms with Crippen LogP contribution in [0.5, 0.6) is 0 Å². The number of hydrogen-bond donors (Lipinski definition) is 2. The second kappa shape index (κ2) is 7.40. The Kier molecular flexibility index (Phi) is 5.46. The molecule has 26 heavy (non-hydrogen) atoms. The van der Waals surface area contributed by atoms with Crippen molar-refractivity contribution < 1.29 is 14.7 Å². The molecule has 1 atom stereocenters. The second-order valence-corrected chi connectivity index (χ2v) is 7.13. The highest BCUT2D eigenvalue weighted by atomic mass is 16.3. The zero-order valence-corrected chi connectivity index (χ0v) is 15.1. The summed E-state index contributed by atoms with van der Waals surface area (Å²) in [6.45, 7) is 5.40. The van der Waals surface area contributed by atoms with Crippen molar-refractivity contribution in [2.45, 2.75) is 39.7 Å². The first-order chi connectivity index (χ1) is 12.1. The zero-order valence-electron chi connectivity index (χ0n) is 15.1. The van der Waals surface area contributed by atoms with Crippen molar-refractivity contribution in [3.63, 3.8) is 0 Å². The van der Waals surface area contributed by atoms with E-state index in [0.717, 1.165) is 0 Å². The smallest absolute Gasteiger partial charge is 0.270 e. The van der Waals surface area contributed by atoms with E-state index >= 15 is 0 Å². The van der Waals surface area contributed by atoms with Gasteiger partial charge in [-0.2, -0.15) is 10.3 Å². The fourth-order valence-electron chi connectivity index (χ4n) is 2.56. The summed E-state index contributed by atoms with van der Waals surface area (Å²) >= 11 is 0. The van der Waals surface area contributed by atoms with Crippen molar-refractivity contribution in [3.05, 3.63) is 41.7 Å². The number of rotatable bonds is 3. The number of carbonyl (C=O) groups is 2. The van der Waals surface area contributed by atoms with Crippen molar-refractivity contribution in [1.82, 2.24) is 0 Å². The highest BCUT2D eigenvalue weighted by molar-refractivity contribution is 6.08. The van der Waals surface area contributed by atoms with Gasteiger partial charge in [-0.05, 0) is 24.6 Å². The number of aliphatic imine (C=N–C) groups is 1. The average molecular weight is 354 g/mol. The Balaban J connectivity index is 2.28. The van der Waals surface area contributed by atoms with Crippen molar-refractivity contribution in [2.75, 3.05) is 4.90 Å². The topological polar surface area (TPSA) is 120 Å². The Morgan fingerprint density at radius 2 is 2.15 bits per heavy atom. The summed E-state index contributed by atoms with van der Waals surface area (Å²) < 4.78 is 0. The molecule has 136 valence electrons. The van der Waals surface area contributed by atoms with E-state index in [1.807, 2.05) is 6.07 Å². The van der Waals surface area contributed by atoms with Gasteiger partial charge in [0.05, 0.1) is 11.6 Å². The van der Waals surface area contributed by atoms with Crippen LogP contribution < -0.4 is 10.6 Å². The van der Waals surface area contributed by atoms with Crippen LogP contribution in [0.25, 0.3) is 0 Å². The summed E-state index contributed by atoms with van der Waals surface area (Å²) in [4.78, 5) is 30.0. The Hall–Kier alpha value is -3.14. The molecule has 1 aliphatic heterocycles. The van der Waals surface area contributed by atoms with Gasteiger partial charge in [0.2, 0.25) is 5.91 Å². The van der Waals surface area contributed by atoms with Gasteiger partial charge in [-0.15, -0.1) is 0 Å². The van der Waals surface area contributed by atoms with Gasteiger partial charge < -0.3 is 10.8 Å². The number of amidine groups is 1. The molecule has 0 bridgehead atoms. The zero-order chi connectivity index (χ0) is 19.5. The fourth-order valence-corrected chi connectivity index (χ4v) is 2.56. The number of nitrogens with two attached hydrogens (primary N) is 1. The highest BCUT2D eigenvalue weighted by Gasteiger charge is 2.37. The standard InChI is InChI=1S/C19H22N4O3/c1-19(2,3)15(24)10-16(21)22-18(26)14-7-8-17(25)23(14)13-6-4-5-12(9-13)11-20/h4-6,9-10,14,24H,7-8H2,1-3H3,(H2,21,22,26)/b15-10-/t14-/m0/s1. The third-order valence-corrected chi connectivity index (χ3v) is 4.04. The quantitative estimate of drug-likeness (QED) is 0.491. The minimum atomic E-state index is -0.778. The lowest BCUT2D eigenvalue weighted by Gasteiger charge is -2.22. The summed E-state index contributed by atoms with van der Waals surface area (Å²) in [5.74, 6) is -0.880. The number of anilines is 1. The molecule has 1 aliphatic rings. The van der Waals surface area contributed by atoms with Crippen LogP contribution in [0.15, 0.2) is 41.1 Å². The van der Waals surface area contributed by atoms with Gasteiger partial charge in [0.15, 0.2) is 0 Å². The summed E-state index contributed by atoms with van der Waals surface area (Å²) in [5.41, 5.74) is 6.11. The van der Waals surface area contributed by atoms with Crippen LogP contribution in [-0.4, -0.2) is 28.8 Å².